The van der Waals surface area contributed by atoms with Crippen LogP contribution in [0, 0.1) is 0 Å². The Kier molecular flexibility index (Phi) is 4.38. The molecule has 2 heterocycles. The summed E-state index contributed by atoms with van der Waals surface area (Å²) in [5.41, 5.74) is 0. The van der Waals surface area contributed by atoms with Crippen molar-refractivity contribution in [2.45, 2.75) is 26.8 Å². The lowest BCUT2D eigenvalue weighted by atomic mass is 10.3. The van der Waals surface area contributed by atoms with Crippen LogP contribution in [0.2, 0.25) is 0 Å². The maximum atomic E-state index is 12.0. The third-order valence-electron chi connectivity index (χ3n) is 3.13. The highest BCUT2D eigenvalue weighted by Crippen LogP contribution is 2.15. The van der Waals surface area contributed by atoms with Crippen LogP contribution < -0.4 is 0 Å². The Morgan fingerprint density at radius 3 is 2.78 bits per heavy atom. The molecule has 5 nitrogen and oxygen atoms in total. The molecular formula is C13H20N2O3. The van der Waals surface area contributed by atoms with E-state index in [2.05, 4.69) is 18.7 Å². The molecule has 2 rings (SSSR count). The predicted octanol–water partition coefficient (Wildman–Crippen LogP) is 1.90. The largest absolute Gasteiger partial charge is 0.454 e. The molecule has 1 fully saturated rings. The van der Waals surface area contributed by atoms with Crippen molar-refractivity contribution >= 4 is 5.91 Å². The minimum Gasteiger partial charge on any atom is -0.454 e. The Hall–Kier alpha value is -1.33. The fraction of sp³-hybridized carbons (Fsp3) is 0.615. The van der Waals surface area contributed by atoms with Crippen LogP contribution >= 0.6 is 0 Å². The number of carbonyl (C=O) groups excluding carboxylic acids is 1. The van der Waals surface area contributed by atoms with E-state index in [-0.39, 0.29) is 5.91 Å². The van der Waals surface area contributed by atoms with Crippen LogP contribution in [0.4, 0.5) is 0 Å². The minimum atomic E-state index is -0.182. The zero-order chi connectivity index (χ0) is 13.0. The van der Waals surface area contributed by atoms with E-state index in [4.69, 9.17) is 9.25 Å². The van der Waals surface area contributed by atoms with Crippen LogP contribution in [0.3, 0.4) is 0 Å². The first-order chi connectivity index (χ1) is 8.74. The van der Waals surface area contributed by atoms with E-state index in [1.54, 1.807) is 6.07 Å². The highest BCUT2D eigenvalue weighted by molar-refractivity contribution is 5.90. The third-order valence-corrected chi connectivity index (χ3v) is 3.13. The number of rotatable bonds is 5. The third kappa shape index (κ3) is 2.91. The molecule has 1 saturated heterocycles. The molecule has 1 amide bonds. The van der Waals surface area contributed by atoms with Gasteiger partial charge in [-0.15, -0.1) is 0 Å². The first kappa shape index (κ1) is 13.1. The normalized spacial score (nSPS) is 15.6. The highest BCUT2D eigenvalue weighted by Gasteiger charge is 2.23. The highest BCUT2D eigenvalue weighted by atomic mass is 16.7. The van der Waals surface area contributed by atoms with E-state index in [0.717, 1.165) is 31.8 Å². The minimum absolute atomic E-state index is 0.182. The van der Waals surface area contributed by atoms with E-state index in [1.807, 2.05) is 6.07 Å². The molecule has 0 radical (unpaired) electrons. The van der Waals surface area contributed by atoms with Gasteiger partial charge in [-0.2, -0.15) is 0 Å². The van der Waals surface area contributed by atoms with Crippen molar-refractivity contribution in [3.63, 3.8) is 0 Å². The summed E-state index contributed by atoms with van der Waals surface area (Å²) in [5, 5.41) is 1.38. The van der Waals surface area contributed by atoms with Gasteiger partial charge in [-0.1, -0.05) is 13.8 Å². The van der Waals surface area contributed by atoms with Crippen LogP contribution in [-0.2, 0) is 11.4 Å². The van der Waals surface area contributed by atoms with E-state index in [0.29, 0.717) is 18.9 Å². The first-order valence-corrected chi connectivity index (χ1v) is 6.50. The fourth-order valence-corrected chi connectivity index (χ4v) is 1.98. The molecular weight excluding hydrogens is 232 g/mol. The van der Waals surface area contributed by atoms with Gasteiger partial charge in [0.1, 0.15) is 5.76 Å². The molecule has 0 spiro atoms. The van der Waals surface area contributed by atoms with Crippen LogP contribution in [0.5, 0.6) is 0 Å². The van der Waals surface area contributed by atoms with Gasteiger partial charge in [0.2, 0.25) is 0 Å². The molecule has 5 heteroatoms. The number of furan rings is 1. The van der Waals surface area contributed by atoms with Gasteiger partial charge in [-0.25, -0.2) is 5.06 Å². The van der Waals surface area contributed by atoms with Gasteiger partial charge < -0.3 is 4.42 Å². The summed E-state index contributed by atoms with van der Waals surface area (Å²) in [5.74, 6) is 0.999. The number of hydrogen-bond donors (Lipinski definition) is 0. The van der Waals surface area contributed by atoms with E-state index in [1.165, 1.54) is 5.06 Å². The van der Waals surface area contributed by atoms with Gasteiger partial charge in [0.25, 0.3) is 0 Å². The quantitative estimate of drug-likeness (QED) is 0.803. The fourth-order valence-electron chi connectivity index (χ4n) is 1.98. The Bertz CT molecular complexity index is 393. The zero-order valence-corrected chi connectivity index (χ0v) is 11.0. The average molecular weight is 252 g/mol. The molecule has 0 saturated carbocycles. The van der Waals surface area contributed by atoms with Crippen LogP contribution in [0.25, 0.3) is 0 Å². The molecule has 0 unspecified atom stereocenters. The molecule has 1 aliphatic rings. The van der Waals surface area contributed by atoms with E-state index < -0.39 is 0 Å². The van der Waals surface area contributed by atoms with Gasteiger partial charge in [0.05, 0.1) is 19.7 Å². The number of nitrogens with zero attached hydrogens (tertiary/aromatic N) is 2. The second-order valence-electron chi connectivity index (χ2n) is 4.32. The van der Waals surface area contributed by atoms with E-state index >= 15 is 0 Å². The van der Waals surface area contributed by atoms with Crippen molar-refractivity contribution in [1.82, 2.24) is 9.96 Å². The predicted molar refractivity (Wildman–Crippen MR) is 66.9 cm³/mol. The molecule has 0 N–H and O–H groups in total. The van der Waals surface area contributed by atoms with Gasteiger partial charge in [-0.05, 0) is 31.6 Å². The maximum absolute atomic E-state index is 12.0. The Morgan fingerprint density at radius 2 is 2.17 bits per heavy atom. The first-order valence-electron chi connectivity index (χ1n) is 6.50. The number of hydroxylamine groups is 2. The number of hydrogen-bond acceptors (Lipinski definition) is 4. The van der Waals surface area contributed by atoms with Crippen molar-refractivity contribution in [2.24, 2.45) is 0 Å². The summed E-state index contributed by atoms with van der Waals surface area (Å²) in [6, 6.07) is 3.59. The summed E-state index contributed by atoms with van der Waals surface area (Å²) >= 11 is 0. The lowest BCUT2D eigenvalue weighted by Crippen LogP contribution is -2.26. The van der Waals surface area contributed by atoms with Gasteiger partial charge in [0, 0.05) is 0 Å². The molecule has 1 aliphatic heterocycles. The summed E-state index contributed by atoms with van der Waals surface area (Å²) in [4.78, 5) is 19.4. The molecule has 0 bridgehead atoms. The molecule has 18 heavy (non-hydrogen) atoms. The van der Waals surface area contributed by atoms with Crippen molar-refractivity contribution in [3.05, 3.63) is 23.7 Å². The van der Waals surface area contributed by atoms with Crippen molar-refractivity contribution < 1.29 is 14.0 Å². The monoisotopic (exact) mass is 252 g/mol. The standard InChI is InChI=1S/C13H20N2O3/c1-3-14(4-2)10-11-6-7-12(18-11)13(16)15-8-5-9-17-15/h6-7H,3-5,8-10H2,1-2H3. The zero-order valence-electron chi connectivity index (χ0n) is 11.0. The number of amides is 1. The van der Waals surface area contributed by atoms with Crippen molar-refractivity contribution in [1.29, 1.82) is 0 Å². The lowest BCUT2D eigenvalue weighted by Gasteiger charge is -2.16. The van der Waals surface area contributed by atoms with Gasteiger partial charge in [-0.3, -0.25) is 14.5 Å². The van der Waals surface area contributed by atoms with Gasteiger partial charge >= 0.3 is 5.91 Å². The van der Waals surface area contributed by atoms with Crippen LogP contribution in [-0.4, -0.2) is 42.1 Å². The molecule has 1 aromatic heterocycles. The molecule has 1 aromatic rings. The topological polar surface area (TPSA) is 45.9 Å². The molecule has 0 aromatic carbocycles. The Morgan fingerprint density at radius 1 is 1.39 bits per heavy atom. The molecule has 0 aliphatic carbocycles. The molecule has 100 valence electrons. The summed E-state index contributed by atoms with van der Waals surface area (Å²) < 4.78 is 5.58. The second-order valence-corrected chi connectivity index (χ2v) is 4.32. The summed E-state index contributed by atoms with van der Waals surface area (Å²) in [6.07, 6.45) is 0.888. The van der Waals surface area contributed by atoms with Crippen molar-refractivity contribution in [2.75, 3.05) is 26.2 Å². The smallest absolute Gasteiger partial charge is 0.313 e. The van der Waals surface area contributed by atoms with E-state index in [9.17, 15) is 4.79 Å². The molecule has 0 atom stereocenters. The average Bonchev–Trinajstić information content (AvgIpc) is 3.06. The summed E-state index contributed by atoms with van der Waals surface area (Å²) in [7, 11) is 0. The van der Waals surface area contributed by atoms with Crippen LogP contribution in [0.1, 0.15) is 36.6 Å². The van der Waals surface area contributed by atoms with Crippen molar-refractivity contribution in [3.8, 4) is 0 Å². The van der Waals surface area contributed by atoms with Gasteiger partial charge in [0.15, 0.2) is 5.76 Å². The second kappa shape index (κ2) is 6.02. The lowest BCUT2D eigenvalue weighted by molar-refractivity contribution is -0.0785. The SMILES string of the molecule is CCN(CC)Cc1ccc(C(=O)N2CCCO2)o1. The maximum Gasteiger partial charge on any atom is 0.313 e. The van der Waals surface area contributed by atoms with Crippen LogP contribution in [0.15, 0.2) is 16.5 Å². The summed E-state index contributed by atoms with van der Waals surface area (Å²) in [6.45, 7) is 8.14. The Labute approximate surface area is 107 Å². The number of carbonyl (C=O) groups is 1. The Balaban J connectivity index is 1.98.